The van der Waals surface area contributed by atoms with Gasteiger partial charge in [0.25, 0.3) is 0 Å². The monoisotopic (exact) mass is 416 g/mol. The summed E-state index contributed by atoms with van der Waals surface area (Å²) in [5.74, 6) is -2.10. The van der Waals surface area contributed by atoms with Crippen LogP contribution in [-0.4, -0.2) is 15.9 Å². The van der Waals surface area contributed by atoms with E-state index in [1.807, 2.05) is 42.5 Å². The number of hydrogen-bond acceptors (Lipinski definition) is 4. The Bertz CT molecular complexity index is 1230. The second-order valence-corrected chi connectivity index (χ2v) is 6.91. The van der Waals surface area contributed by atoms with Crippen molar-refractivity contribution in [1.29, 1.82) is 0 Å². The Kier molecular flexibility index (Phi) is 5.66. The first-order valence-corrected chi connectivity index (χ1v) is 9.52. The van der Waals surface area contributed by atoms with Crippen LogP contribution in [0.15, 0.2) is 79.0 Å². The Morgan fingerprint density at radius 3 is 2.35 bits per heavy atom. The lowest BCUT2D eigenvalue weighted by Gasteiger charge is -2.12. The number of hydrogen-bond donors (Lipinski definition) is 2. The van der Waals surface area contributed by atoms with Crippen molar-refractivity contribution in [3.8, 4) is 22.5 Å². The van der Waals surface area contributed by atoms with E-state index in [1.54, 1.807) is 18.3 Å². The molecule has 154 valence electrons. The third-order valence-corrected chi connectivity index (χ3v) is 4.63. The predicted octanol–water partition coefficient (Wildman–Crippen LogP) is 4.85. The fourth-order valence-corrected chi connectivity index (χ4v) is 3.08. The number of halogens is 2. The molecule has 0 radical (unpaired) electrons. The molecule has 5 nitrogen and oxygen atoms in total. The minimum Gasteiger partial charge on any atom is -0.399 e. The third kappa shape index (κ3) is 4.72. The molecular weight excluding hydrogens is 398 g/mol. The molecule has 31 heavy (non-hydrogen) atoms. The Morgan fingerprint density at radius 1 is 0.903 bits per heavy atom. The van der Waals surface area contributed by atoms with E-state index in [0.29, 0.717) is 22.6 Å². The van der Waals surface area contributed by atoms with E-state index < -0.39 is 17.5 Å². The minimum atomic E-state index is -0.997. The van der Waals surface area contributed by atoms with Gasteiger partial charge in [-0.1, -0.05) is 48.5 Å². The van der Waals surface area contributed by atoms with Crippen LogP contribution in [0.25, 0.3) is 22.5 Å². The summed E-state index contributed by atoms with van der Waals surface area (Å²) < 4.78 is 26.6. The van der Waals surface area contributed by atoms with Crippen molar-refractivity contribution in [2.45, 2.75) is 6.42 Å². The van der Waals surface area contributed by atoms with Gasteiger partial charge >= 0.3 is 0 Å². The van der Waals surface area contributed by atoms with Gasteiger partial charge < -0.3 is 11.1 Å². The van der Waals surface area contributed by atoms with Gasteiger partial charge in [-0.2, -0.15) is 0 Å². The van der Waals surface area contributed by atoms with E-state index in [0.717, 1.165) is 23.3 Å². The van der Waals surface area contributed by atoms with Crippen LogP contribution in [0.4, 0.5) is 20.3 Å². The van der Waals surface area contributed by atoms with Gasteiger partial charge in [0.05, 0.1) is 18.3 Å². The molecule has 0 atom stereocenters. The maximum absolute atomic E-state index is 13.4. The summed E-state index contributed by atoms with van der Waals surface area (Å²) in [5.41, 5.74) is 9.47. The minimum absolute atomic E-state index is 0.132. The summed E-state index contributed by atoms with van der Waals surface area (Å²) in [6.07, 6.45) is 1.43. The highest BCUT2D eigenvalue weighted by Crippen LogP contribution is 2.28. The average Bonchev–Trinajstić information content (AvgIpc) is 2.78. The first kappa shape index (κ1) is 20.2. The number of amides is 1. The largest absolute Gasteiger partial charge is 0.399 e. The van der Waals surface area contributed by atoms with Crippen molar-refractivity contribution in [2.75, 3.05) is 11.1 Å². The van der Waals surface area contributed by atoms with Crippen molar-refractivity contribution in [2.24, 2.45) is 0 Å². The fraction of sp³-hybridized carbons (Fsp3) is 0.0417. The number of nitrogens with two attached hydrogens (primary N) is 1. The second-order valence-electron chi connectivity index (χ2n) is 6.91. The molecule has 3 N–H and O–H groups in total. The number of nitrogens with one attached hydrogen (secondary N) is 1. The smallest absolute Gasteiger partial charge is 0.230 e. The highest BCUT2D eigenvalue weighted by atomic mass is 19.2. The molecule has 4 aromatic rings. The molecule has 0 unspecified atom stereocenters. The van der Waals surface area contributed by atoms with E-state index in [1.165, 1.54) is 6.07 Å². The number of aromatic nitrogens is 2. The first-order valence-electron chi connectivity index (χ1n) is 9.52. The Labute approximate surface area is 177 Å². The lowest BCUT2D eigenvalue weighted by atomic mass is 10.1. The van der Waals surface area contributed by atoms with Crippen molar-refractivity contribution in [3.05, 3.63) is 96.2 Å². The van der Waals surface area contributed by atoms with Crippen LogP contribution < -0.4 is 11.1 Å². The first-order chi connectivity index (χ1) is 15.0. The van der Waals surface area contributed by atoms with Gasteiger partial charge in [0, 0.05) is 16.8 Å². The molecule has 0 aliphatic rings. The van der Waals surface area contributed by atoms with E-state index in [9.17, 15) is 13.6 Å². The summed E-state index contributed by atoms with van der Waals surface area (Å²) in [5, 5.41) is 2.73. The summed E-state index contributed by atoms with van der Waals surface area (Å²) in [4.78, 5) is 21.7. The molecule has 0 saturated heterocycles. The summed E-state index contributed by atoms with van der Waals surface area (Å²) >= 11 is 0. The Morgan fingerprint density at radius 2 is 1.65 bits per heavy atom. The van der Waals surface area contributed by atoms with Gasteiger partial charge in [-0.25, -0.2) is 18.7 Å². The van der Waals surface area contributed by atoms with Crippen LogP contribution in [-0.2, 0) is 11.2 Å². The van der Waals surface area contributed by atoms with Crippen LogP contribution in [0.2, 0.25) is 0 Å². The molecule has 0 spiro atoms. The van der Waals surface area contributed by atoms with E-state index in [2.05, 4.69) is 10.3 Å². The Hall–Kier alpha value is -4.13. The molecule has 0 fully saturated rings. The van der Waals surface area contributed by atoms with Gasteiger partial charge in [-0.15, -0.1) is 0 Å². The van der Waals surface area contributed by atoms with Crippen molar-refractivity contribution in [3.63, 3.8) is 0 Å². The number of carbonyl (C=O) groups excluding carboxylic acids is 1. The van der Waals surface area contributed by atoms with E-state index >= 15 is 0 Å². The fourth-order valence-electron chi connectivity index (χ4n) is 3.08. The molecule has 4 rings (SSSR count). The normalized spacial score (nSPS) is 10.6. The number of carbonyl (C=O) groups is 1. The lowest BCUT2D eigenvalue weighted by Crippen LogP contribution is -2.17. The highest BCUT2D eigenvalue weighted by Gasteiger charge is 2.15. The number of anilines is 2. The van der Waals surface area contributed by atoms with Crippen LogP contribution >= 0.6 is 0 Å². The van der Waals surface area contributed by atoms with Gasteiger partial charge in [-0.05, 0) is 29.8 Å². The lowest BCUT2D eigenvalue weighted by molar-refractivity contribution is -0.115. The van der Waals surface area contributed by atoms with Gasteiger partial charge in [0.15, 0.2) is 17.5 Å². The van der Waals surface area contributed by atoms with Crippen molar-refractivity contribution < 1.29 is 13.6 Å². The van der Waals surface area contributed by atoms with E-state index in [-0.39, 0.29) is 12.2 Å². The molecule has 3 aromatic carbocycles. The number of nitrogen functional groups attached to an aromatic ring is 1. The standard InChI is InChI=1S/C24H18F2N4O/c25-19-11-6-15(12-20(19)26)13-22(31)30-24-23(17-4-2-1-3-5-17)29-21(14-28-24)16-7-9-18(27)10-8-16/h1-12,14H,13,27H2,(H,28,30,31). The van der Waals surface area contributed by atoms with Crippen LogP contribution in [0.5, 0.6) is 0 Å². The number of rotatable bonds is 5. The molecule has 7 heteroatoms. The molecule has 0 bridgehead atoms. The van der Waals surface area contributed by atoms with Gasteiger partial charge in [-0.3, -0.25) is 4.79 Å². The van der Waals surface area contributed by atoms with E-state index in [4.69, 9.17) is 10.7 Å². The topological polar surface area (TPSA) is 80.9 Å². The van der Waals surface area contributed by atoms with Crippen molar-refractivity contribution in [1.82, 2.24) is 9.97 Å². The zero-order valence-electron chi connectivity index (χ0n) is 16.3. The number of nitrogens with zero attached hydrogens (tertiary/aromatic N) is 2. The zero-order valence-corrected chi connectivity index (χ0v) is 16.3. The van der Waals surface area contributed by atoms with Crippen LogP contribution in [0.3, 0.4) is 0 Å². The highest BCUT2D eigenvalue weighted by molar-refractivity contribution is 5.94. The second kappa shape index (κ2) is 8.71. The van der Waals surface area contributed by atoms with Crippen LogP contribution in [0, 0.1) is 11.6 Å². The zero-order chi connectivity index (χ0) is 21.8. The molecule has 0 saturated carbocycles. The van der Waals surface area contributed by atoms with Crippen molar-refractivity contribution >= 4 is 17.4 Å². The predicted molar refractivity (Wildman–Crippen MR) is 116 cm³/mol. The Balaban J connectivity index is 1.65. The molecule has 0 aliphatic heterocycles. The van der Waals surface area contributed by atoms with Crippen LogP contribution in [0.1, 0.15) is 5.56 Å². The molecule has 0 aliphatic carbocycles. The SMILES string of the molecule is Nc1ccc(-c2cnc(NC(=O)Cc3ccc(F)c(F)c3)c(-c3ccccc3)n2)cc1. The molecular formula is C24H18F2N4O. The molecule has 1 heterocycles. The maximum Gasteiger partial charge on any atom is 0.230 e. The summed E-state index contributed by atoms with van der Waals surface area (Å²) in [7, 11) is 0. The third-order valence-electron chi connectivity index (χ3n) is 4.63. The average molecular weight is 416 g/mol. The van der Waals surface area contributed by atoms with Gasteiger partial charge in [0.1, 0.15) is 5.69 Å². The van der Waals surface area contributed by atoms with Gasteiger partial charge in [0.2, 0.25) is 5.91 Å². The molecule has 1 amide bonds. The summed E-state index contributed by atoms with van der Waals surface area (Å²) in [6, 6.07) is 19.9. The number of benzene rings is 3. The molecule has 1 aromatic heterocycles. The quantitative estimate of drug-likeness (QED) is 0.456. The summed E-state index contributed by atoms with van der Waals surface area (Å²) in [6.45, 7) is 0. The maximum atomic E-state index is 13.4.